The molecule has 0 bridgehead atoms. The molecule has 0 spiro atoms. The van der Waals surface area contributed by atoms with E-state index in [1.165, 1.54) is 11.8 Å². The minimum Gasteiger partial charge on any atom is -0.482 e. The number of amides is 1. The maximum absolute atomic E-state index is 12.1. The molecule has 0 unspecified atom stereocenters. The number of aromatic nitrogens is 3. The van der Waals surface area contributed by atoms with Gasteiger partial charge in [-0.05, 0) is 12.1 Å². The van der Waals surface area contributed by atoms with E-state index in [9.17, 15) is 4.79 Å². The van der Waals surface area contributed by atoms with Gasteiger partial charge in [0.05, 0.1) is 19.0 Å². The average Bonchev–Trinajstić information content (AvgIpc) is 3.19. The summed E-state index contributed by atoms with van der Waals surface area (Å²) in [5.41, 5.74) is 0.783. The minimum absolute atomic E-state index is 0.0427. The average molecular weight is 386 g/mol. The molecule has 1 aromatic carbocycles. The fraction of sp³-hybridized carbons (Fsp3) is 0.333. The van der Waals surface area contributed by atoms with Crippen LogP contribution < -0.4 is 4.74 Å². The summed E-state index contributed by atoms with van der Waals surface area (Å²) < 4.78 is 16.6. The number of carbonyl (C=O) groups is 1. The predicted octanol–water partition coefficient (Wildman–Crippen LogP) is 2.15. The van der Waals surface area contributed by atoms with Crippen molar-refractivity contribution in [2.75, 3.05) is 32.1 Å². The maximum atomic E-state index is 12.1. The topological polar surface area (TPSA) is 90.6 Å². The van der Waals surface area contributed by atoms with Crippen LogP contribution in [0.5, 0.6) is 5.75 Å². The molecule has 0 N–H and O–H groups in total. The van der Waals surface area contributed by atoms with Gasteiger partial charge in [0.25, 0.3) is 11.1 Å². The lowest BCUT2D eigenvalue weighted by molar-refractivity contribution is -0.132. The highest BCUT2D eigenvalue weighted by Gasteiger charge is 2.18. The molecule has 1 fully saturated rings. The van der Waals surface area contributed by atoms with Crippen molar-refractivity contribution < 1.29 is 18.7 Å². The molecule has 2 aromatic heterocycles. The van der Waals surface area contributed by atoms with E-state index in [4.69, 9.17) is 13.9 Å². The van der Waals surface area contributed by atoms with E-state index in [2.05, 4.69) is 15.2 Å². The van der Waals surface area contributed by atoms with Gasteiger partial charge in [0.1, 0.15) is 11.3 Å². The van der Waals surface area contributed by atoms with E-state index in [-0.39, 0.29) is 18.3 Å². The number of ether oxygens (including phenoxy) is 2. The van der Waals surface area contributed by atoms with Crippen LogP contribution in [0.2, 0.25) is 0 Å². The van der Waals surface area contributed by atoms with Crippen LogP contribution in [0.3, 0.4) is 0 Å². The zero-order chi connectivity index (χ0) is 18.5. The third-order valence-corrected chi connectivity index (χ3v) is 4.88. The second kappa shape index (κ2) is 8.36. The summed E-state index contributed by atoms with van der Waals surface area (Å²) in [6, 6.07) is 9.59. The summed E-state index contributed by atoms with van der Waals surface area (Å²) in [6.07, 6.45) is 1.72. The van der Waals surface area contributed by atoms with Crippen LogP contribution in [-0.2, 0) is 16.1 Å². The van der Waals surface area contributed by atoms with E-state index >= 15 is 0 Å². The van der Waals surface area contributed by atoms with E-state index < -0.39 is 0 Å². The molecule has 0 aliphatic carbocycles. The van der Waals surface area contributed by atoms with Crippen LogP contribution in [-0.4, -0.2) is 58.0 Å². The maximum Gasteiger partial charge on any atom is 0.277 e. The van der Waals surface area contributed by atoms with Gasteiger partial charge in [-0.3, -0.25) is 9.78 Å². The fourth-order valence-corrected chi connectivity index (χ4v) is 3.40. The third kappa shape index (κ3) is 4.37. The zero-order valence-corrected chi connectivity index (χ0v) is 15.4. The number of para-hydroxylation sites is 1. The Hall–Kier alpha value is -2.65. The summed E-state index contributed by atoms with van der Waals surface area (Å²) >= 11 is 1.23. The smallest absolute Gasteiger partial charge is 0.277 e. The number of pyridine rings is 1. The number of hydrogen-bond donors (Lipinski definition) is 0. The highest BCUT2D eigenvalue weighted by Crippen LogP contribution is 2.24. The first-order chi connectivity index (χ1) is 13.3. The fourth-order valence-electron chi connectivity index (χ4n) is 2.71. The SMILES string of the molecule is O=C(CSc1nnc(COc2cccc3cccnc23)o1)N1CCOCC1. The molecule has 0 atom stereocenters. The number of thioether (sulfide) groups is 1. The van der Waals surface area contributed by atoms with Gasteiger partial charge in [-0.25, -0.2) is 0 Å². The van der Waals surface area contributed by atoms with Crippen LogP contribution in [0.15, 0.2) is 46.2 Å². The number of hydrogen-bond acceptors (Lipinski definition) is 8. The first kappa shape index (κ1) is 17.7. The van der Waals surface area contributed by atoms with Crippen LogP contribution in [0.1, 0.15) is 5.89 Å². The highest BCUT2D eigenvalue weighted by molar-refractivity contribution is 7.99. The molecule has 1 saturated heterocycles. The molecule has 140 valence electrons. The van der Waals surface area contributed by atoms with Gasteiger partial charge in [-0.1, -0.05) is 30.0 Å². The molecule has 0 radical (unpaired) electrons. The molecule has 9 heteroatoms. The Bertz CT molecular complexity index is 921. The lowest BCUT2D eigenvalue weighted by Crippen LogP contribution is -2.41. The van der Waals surface area contributed by atoms with Crippen molar-refractivity contribution in [3.05, 3.63) is 42.4 Å². The predicted molar refractivity (Wildman–Crippen MR) is 98.5 cm³/mol. The van der Waals surface area contributed by atoms with E-state index in [1.807, 2.05) is 30.3 Å². The number of fused-ring (bicyclic) bond motifs is 1. The standard InChI is InChI=1S/C18H18N4O4S/c23-16(22-7-9-24-10-8-22)12-27-18-21-20-15(26-18)11-25-14-5-1-3-13-4-2-6-19-17(13)14/h1-6H,7-12H2. The van der Waals surface area contributed by atoms with Crippen molar-refractivity contribution in [1.29, 1.82) is 0 Å². The van der Waals surface area contributed by atoms with E-state index in [0.29, 0.717) is 43.2 Å². The van der Waals surface area contributed by atoms with Gasteiger partial charge in [0.15, 0.2) is 6.61 Å². The van der Waals surface area contributed by atoms with Crippen molar-refractivity contribution in [3.63, 3.8) is 0 Å². The summed E-state index contributed by atoms with van der Waals surface area (Å²) in [7, 11) is 0. The van der Waals surface area contributed by atoms with Gasteiger partial charge in [-0.15, -0.1) is 10.2 Å². The Morgan fingerprint density at radius 3 is 2.93 bits per heavy atom. The zero-order valence-electron chi connectivity index (χ0n) is 14.5. The molecule has 0 saturated carbocycles. The van der Waals surface area contributed by atoms with Crippen LogP contribution in [0.4, 0.5) is 0 Å². The molecule has 1 aliphatic heterocycles. The second-order valence-electron chi connectivity index (χ2n) is 5.86. The summed E-state index contributed by atoms with van der Waals surface area (Å²) in [6.45, 7) is 2.56. The molecule has 27 heavy (non-hydrogen) atoms. The summed E-state index contributed by atoms with van der Waals surface area (Å²) in [5, 5.41) is 9.29. The van der Waals surface area contributed by atoms with Crippen molar-refractivity contribution in [2.24, 2.45) is 0 Å². The second-order valence-corrected chi connectivity index (χ2v) is 6.79. The Labute approximate surface area is 159 Å². The van der Waals surface area contributed by atoms with Gasteiger partial charge in [0.2, 0.25) is 5.91 Å². The molecule has 3 heterocycles. The van der Waals surface area contributed by atoms with Crippen molar-refractivity contribution in [3.8, 4) is 5.75 Å². The number of nitrogens with zero attached hydrogens (tertiary/aromatic N) is 4. The molecule has 3 aromatic rings. The van der Waals surface area contributed by atoms with Gasteiger partial charge >= 0.3 is 0 Å². The normalized spacial score (nSPS) is 14.4. The number of rotatable bonds is 6. The molecule has 8 nitrogen and oxygen atoms in total. The number of carbonyl (C=O) groups excluding carboxylic acids is 1. The lowest BCUT2D eigenvalue weighted by atomic mass is 10.2. The third-order valence-electron chi connectivity index (χ3n) is 4.08. The van der Waals surface area contributed by atoms with E-state index in [0.717, 1.165) is 10.9 Å². The summed E-state index contributed by atoms with van der Waals surface area (Å²) in [5.74, 6) is 1.31. The Kier molecular flexibility index (Phi) is 5.50. The largest absolute Gasteiger partial charge is 0.482 e. The van der Waals surface area contributed by atoms with Gasteiger partial charge in [0, 0.05) is 24.7 Å². The lowest BCUT2D eigenvalue weighted by Gasteiger charge is -2.26. The van der Waals surface area contributed by atoms with Gasteiger partial charge < -0.3 is 18.8 Å². The first-order valence-corrected chi connectivity index (χ1v) is 9.55. The monoisotopic (exact) mass is 386 g/mol. The molecular weight excluding hydrogens is 368 g/mol. The van der Waals surface area contributed by atoms with Crippen LogP contribution in [0.25, 0.3) is 10.9 Å². The molecule has 1 aliphatic rings. The highest BCUT2D eigenvalue weighted by atomic mass is 32.2. The van der Waals surface area contributed by atoms with Crippen LogP contribution >= 0.6 is 11.8 Å². The van der Waals surface area contributed by atoms with Gasteiger partial charge in [-0.2, -0.15) is 0 Å². The molecule has 1 amide bonds. The summed E-state index contributed by atoms with van der Waals surface area (Å²) in [4.78, 5) is 18.3. The Morgan fingerprint density at radius 2 is 2.04 bits per heavy atom. The quantitative estimate of drug-likeness (QED) is 0.595. The number of benzene rings is 1. The first-order valence-electron chi connectivity index (χ1n) is 8.57. The van der Waals surface area contributed by atoms with Crippen molar-refractivity contribution in [1.82, 2.24) is 20.1 Å². The molecular formula is C18H18N4O4S. The van der Waals surface area contributed by atoms with Crippen molar-refractivity contribution in [2.45, 2.75) is 11.8 Å². The van der Waals surface area contributed by atoms with Crippen molar-refractivity contribution >= 4 is 28.6 Å². The Morgan fingerprint density at radius 1 is 1.19 bits per heavy atom. The van der Waals surface area contributed by atoms with Crippen LogP contribution in [0, 0.1) is 0 Å². The molecule has 4 rings (SSSR count). The minimum atomic E-state index is 0.0427. The Balaban J connectivity index is 1.32. The number of morpholine rings is 1. The van der Waals surface area contributed by atoms with E-state index in [1.54, 1.807) is 11.1 Å².